The molecule has 3 atom stereocenters. The third-order valence-electron chi connectivity index (χ3n) is 7.16. The van der Waals surface area contributed by atoms with Crippen LogP contribution < -0.4 is 20.1 Å². The van der Waals surface area contributed by atoms with Crippen LogP contribution in [-0.2, 0) is 16.6 Å². The standard InChI is InChI=1S/C30H30F3N3O7/c1-16-25(29(41)36(3)28(16)40)27(39)26(17(2)30(31,32)33)35-24(38)14-20(19-7-5-4-6-8-19)34-23(37)12-10-18-9-11-21-22(13-18)43-15-42-21/h4-13,17,20,26,40-41H,14-15H2,1-3H3,(H,34,37)(H,35,38)/t17?,20-,26?/m0/s1. The zero-order valence-electron chi connectivity index (χ0n) is 23.4. The third kappa shape index (κ3) is 6.93. The lowest BCUT2D eigenvalue weighted by Gasteiger charge is -2.27. The molecule has 0 spiro atoms. The summed E-state index contributed by atoms with van der Waals surface area (Å²) >= 11 is 0. The van der Waals surface area contributed by atoms with Gasteiger partial charge in [-0.1, -0.05) is 43.3 Å². The van der Waals surface area contributed by atoms with Gasteiger partial charge in [0.25, 0.3) is 0 Å². The molecule has 0 saturated carbocycles. The number of aromatic nitrogens is 1. The van der Waals surface area contributed by atoms with E-state index in [1.165, 1.54) is 26.1 Å². The smallest absolute Gasteiger partial charge is 0.393 e. The van der Waals surface area contributed by atoms with E-state index in [1.54, 1.807) is 48.5 Å². The molecular weight excluding hydrogens is 571 g/mol. The maximum absolute atomic E-state index is 13.8. The second kappa shape index (κ2) is 12.5. The summed E-state index contributed by atoms with van der Waals surface area (Å²) in [5, 5.41) is 25.3. The molecule has 1 aliphatic rings. The van der Waals surface area contributed by atoms with Crippen LogP contribution in [0.5, 0.6) is 23.3 Å². The number of rotatable bonds is 10. The summed E-state index contributed by atoms with van der Waals surface area (Å²) in [5.74, 6) is -5.27. The number of alkyl halides is 3. The fraction of sp³-hybridized carbons (Fsp3) is 0.300. The quantitative estimate of drug-likeness (QED) is 0.201. The SMILES string of the molecule is Cc1c(C(=O)C(NC(=O)C[C@H](NC(=O)C=Cc2ccc3c(c2)OCO3)c2ccccc2)C(C)C(F)(F)F)c(O)n(C)c1O. The Labute approximate surface area is 244 Å². The minimum Gasteiger partial charge on any atom is -0.494 e. The van der Waals surface area contributed by atoms with Crippen molar-refractivity contribution in [2.45, 2.75) is 38.5 Å². The predicted octanol–water partition coefficient (Wildman–Crippen LogP) is 4.30. The van der Waals surface area contributed by atoms with Gasteiger partial charge in [0, 0.05) is 18.7 Å². The molecular formula is C30H30F3N3O7. The first-order valence-electron chi connectivity index (χ1n) is 13.2. The van der Waals surface area contributed by atoms with Gasteiger partial charge in [0.15, 0.2) is 23.2 Å². The summed E-state index contributed by atoms with van der Waals surface area (Å²) in [6.07, 6.45) is -2.65. The van der Waals surface area contributed by atoms with Crippen LogP contribution in [0.25, 0.3) is 6.08 Å². The minimum absolute atomic E-state index is 0.0899. The van der Waals surface area contributed by atoms with Crippen LogP contribution in [0.4, 0.5) is 13.2 Å². The van der Waals surface area contributed by atoms with E-state index >= 15 is 0 Å². The minimum atomic E-state index is -4.89. The van der Waals surface area contributed by atoms with E-state index in [0.717, 1.165) is 11.5 Å². The molecule has 2 aromatic carbocycles. The van der Waals surface area contributed by atoms with Gasteiger partial charge in [-0.15, -0.1) is 0 Å². The lowest BCUT2D eigenvalue weighted by Crippen LogP contribution is -2.50. The van der Waals surface area contributed by atoms with Crippen LogP contribution in [0.15, 0.2) is 54.6 Å². The molecule has 0 saturated heterocycles. The summed E-state index contributed by atoms with van der Waals surface area (Å²) < 4.78 is 52.9. The van der Waals surface area contributed by atoms with Gasteiger partial charge >= 0.3 is 6.18 Å². The average Bonchev–Trinajstić information content (AvgIpc) is 3.52. The van der Waals surface area contributed by atoms with E-state index in [0.29, 0.717) is 22.6 Å². The maximum atomic E-state index is 13.8. The van der Waals surface area contributed by atoms with Crippen molar-refractivity contribution in [2.24, 2.45) is 13.0 Å². The van der Waals surface area contributed by atoms with Crippen molar-refractivity contribution < 1.29 is 47.2 Å². The Morgan fingerprint density at radius 3 is 2.33 bits per heavy atom. The highest BCUT2D eigenvalue weighted by atomic mass is 19.4. The fourth-order valence-electron chi connectivity index (χ4n) is 4.62. The number of nitrogens with one attached hydrogen (secondary N) is 2. The Hall–Kier alpha value is -4.94. The van der Waals surface area contributed by atoms with Gasteiger partial charge in [-0.2, -0.15) is 13.2 Å². The normalized spacial score (nSPS) is 14.7. The first kappa shape index (κ1) is 31.0. The van der Waals surface area contributed by atoms with E-state index < -0.39 is 65.5 Å². The summed E-state index contributed by atoms with van der Waals surface area (Å²) in [6.45, 7) is 2.08. The lowest BCUT2D eigenvalue weighted by molar-refractivity contribution is -0.174. The van der Waals surface area contributed by atoms with Crippen molar-refractivity contribution in [3.8, 4) is 23.3 Å². The number of ketones is 1. The topological polar surface area (TPSA) is 139 Å². The average molecular weight is 602 g/mol. The molecule has 13 heteroatoms. The summed E-state index contributed by atoms with van der Waals surface area (Å²) in [7, 11) is 1.23. The number of hydrogen-bond donors (Lipinski definition) is 4. The van der Waals surface area contributed by atoms with E-state index in [1.807, 2.05) is 0 Å². The van der Waals surface area contributed by atoms with E-state index in [-0.39, 0.29) is 12.4 Å². The van der Waals surface area contributed by atoms with Crippen molar-refractivity contribution in [1.82, 2.24) is 15.2 Å². The van der Waals surface area contributed by atoms with Gasteiger partial charge in [-0.3, -0.25) is 19.0 Å². The zero-order valence-corrected chi connectivity index (χ0v) is 23.4. The Morgan fingerprint density at radius 2 is 1.70 bits per heavy atom. The van der Waals surface area contributed by atoms with Crippen LogP contribution in [0.1, 0.15) is 46.4 Å². The Kier molecular flexibility index (Phi) is 9.02. The van der Waals surface area contributed by atoms with Crippen molar-refractivity contribution >= 4 is 23.7 Å². The molecule has 0 radical (unpaired) electrons. The molecule has 3 aromatic rings. The van der Waals surface area contributed by atoms with E-state index in [2.05, 4.69) is 10.6 Å². The number of benzene rings is 2. The monoisotopic (exact) mass is 601 g/mol. The summed E-state index contributed by atoms with van der Waals surface area (Å²) in [6, 6.07) is 10.3. The number of hydrogen-bond acceptors (Lipinski definition) is 7. The number of Topliss-reactive ketones (excluding diaryl/α,β-unsaturated/α-hetero) is 1. The van der Waals surface area contributed by atoms with Gasteiger partial charge < -0.3 is 30.3 Å². The van der Waals surface area contributed by atoms with Crippen molar-refractivity contribution in [3.05, 3.63) is 76.9 Å². The molecule has 10 nitrogen and oxygen atoms in total. The molecule has 2 unspecified atom stereocenters. The van der Waals surface area contributed by atoms with E-state index in [4.69, 9.17) is 9.47 Å². The molecule has 0 bridgehead atoms. The number of carbonyl (C=O) groups excluding carboxylic acids is 3. The summed E-state index contributed by atoms with van der Waals surface area (Å²) in [4.78, 5) is 39.3. The largest absolute Gasteiger partial charge is 0.494 e. The van der Waals surface area contributed by atoms with Crippen LogP contribution in [0.3, 0.4) is 0 Å². The number of fused-ring (bicyclic) bond motifs is 1. The molecule has 4 rings (SSSR count). The third-order valence-corrected chi connectivity index (χ3v) is 7.16. The second-order valence-corrected chi connectivity index (χ2v) is 10.1. The Morgan fingerprint density at radius 1 is 1.02 bits per heavy atom. The molecule has 43 heavy (non-hydrogen) atoms. The fourth-order valence-corrected chi connectivity index (χ4v) is 4.62. The molecule has 0 aliphatic carbocycles. The van der Waals surface area contributed by atoms with Crippen LogP contribution in [0, 0.1) is 12.8 Å². The number of nitrogens with zero attached hydrogens (tertiary/aromatic N) is 1. The number of ether oxygens (including phenoxy) is 2. The van der Waals surface area contributed by atoms with Gasteiger partial charge in [-0.25, -0.2) is 0 Å². The molecule has 228 valence electrons. The second-order valence-electron chi connectivity index (χ2n) is 10.1. The predicted molar refractivity (Wildman–Crippen MR) is 149 cm³/mol. The maximum Gasteiger partial charge on any atom is 0.393 e. The van der Waals surface area contributed by atoms with Crippen LogP contribution >= 0.6 is 0 Å². The summed E-state index contributed by atoms with van der Waals surface area (Å²) in [5.41, 5.74) is 0.461. The molecule has 4 N–H and O–H groups in total. The number of halogens is 3. The van der Waals surface area contributed by atoms with Crippen LogP contribution in [-0.4, -0.2) is 51.4 Å². The Balaban J connectivity index is 1.54. The van der Waals surface area contributed by atoms with Crippen molar-refractivity contribution in [3.63, 3.8) is 0 Å². The molecule has 1 aromatic heterocycles. The number of aromatic hydroxyl groups is 2. The molecule has 2 heterocycles. The van der Waals surface area contributed by atoms with Crippen molar-refractivity contribution in [1.29, 1.82) is 0 Å². The molecule has 1 aliphatic heterocycles. The highest BCUT2D eigenvalue weighted by Gasteiger charge is 2.46. The number of amides is 2. The van der Waals surface area contributed by atoms with Crippen LogP contribution in [0.2, 0.25) is 0 Å². The molecule has 2 amide bonds. The van der Waals surface area contributed by atoms with Crippen molar-refractivity contribution in [2.75, 3.05) is 6.79 Å². The first-order chi connectivity index (χ1) is 20.3. The lowest BCUT2D eigenvalue weighted by atomic mass is 9.92. The van der Waals surface area contributed by atoms with Gasteiger partial charge in [0.2, 0.25) is 24.5 Å². The van der Waals surface area contributed by atoms with Gasteiger partial charge in [0.1, 0.15) is 6.04 Å². The molecule has 0 fully saturated rings. The van der Waals surface area contributed by atoms with Gasteiger partial charge in [-0.05, 0) is 36.3 Å². The highest BCUT2D eigenvalue weighted by Crippen LogP contribution is 2.36. The number of carbonyl (C=O) groups is 3. The first-order valence-corrected chi connectivity index (χ1v) is 13.2. The zero-order chi connectivity index (χ0) is 31.5. The highest BCUT2D eigenvalue weighted by molar-refractivity contribution is 6.05. The Bertz CT molecular complexity index is 1530. The van der Waals surface area contributed by atoms with E-state index in [9.17, 15) is 37.8 Å². The van der Waals surface area contributed by atoms with Gasteiger partial charge in [0.05, 0.1) is 23.9 Å².